The van der Waals surface area contributed by atoms with E-state index in [2.05, 4.69) is 123 Å². The number of nitrogens with zero attached hydrogens (tertiary/aromatic N) is 1. The zero-order chi connectivity index (χ0) is 60.5. The number of rotatable bonds is 62. The van der Waals surface area contributed by atoms with Crippen LogP contribution in [0.2, 0.25) is 0 Å². The van der Waals surface area contributed by atoms with Crippen LogP contribution in [-0.4, -0.2) is 82.3 Å². The van der Waals surface area contributed by atoms with Crippen LogP contribution in [0.1, 0.15) is 284 Å². The number of quaternary nitrogens is 1. The first-order chi connectivity index (χ1) is 40.6. The van der Waals surface area contributed by atoms with E-state index in [9.17, 15) is 19.5 Å². The van der Waals surface area contributed by atoms with Crippen molar-refractivity contribution in [1.29, 1.82) is 0 Å². The molecule has 476 valence electrons. The third kappa shape index (κ3) is 65.3. The van der Waals surface area contributed by atoms with E-state index >= 15 is 0 Å². The van der Waals surface area contributed by atoms with Gasteiger partial charge in [0.2, 0.25) is 0 Å². The summed E-state index contributed by atoms with van der Waals surface area (Å²) in [5.41, 5.74) is 0. The maximum Gasteiger partial charge on any atom is 0.306 e. The van der Waals surface area contributed by atoms with Gasteiger partial charge in [-0.25, -0.2) is 0 Å². The number of carboxylic acid groups (broad SMARTS) is 1. The Balaban J connectivity index is 4.05. The van der Waals surface area contributed by atoms with Gasteiger partial charge in [0.1, 0.15) is 13.2 Å². The summed E-state index contributed by atoms with van der Waals surface area (Å²) in [5, 5.41) is 11.8. The van der Waals surface area contributed by atoms with Crippen molar-refractivity contribution in [2.45, 2.75) is 296 Å². The summed E-state index contributed by atoms with van der Waals surface area (Å²) in [6.07, 6.45) is 86.0. The predicted molar refractivity (Wildman–Crippen MR) is 352 cm³/mol. The van der Waals surface area contributed by atoms with E-state index < -0.39 is 24.3 Å². The van der Waals surface area contributed by atoms with Gasteiger partial charge in [-0.05, 0) is 103 Å². The Morgan fingerprint density at radius 2 is 0.687 bits per heavy atom. The molecular formula is C74H127NO8. The van der Waals surface area contributed by atoms with E-state index in [1.54, 1.807) is 0 Å². The Morgan fingerprint density at radius 1 is 0.373 bits per heavy atom. The van der Waals surface area contributed by atoms with Gasteiger partial charge in [0.15, 0.2) is 12.4 Å². The summed E-state index contributed by atoms with van der Waals surface area (Å²) in [4.78, 5) is 37.4. The second kappa shape index (κ2) is 64.0. The van der Waals surface area contributed by atoms with Gasteiger partial charge >= 0.3 is 11.9 Å². The topological polar surface area (TPSA) is 111 Å². The lowest BCUT2D eigenvalue weighted by atomic mass is 10.0. The number of carboxylic acids is 1. The minimum absolute atomic E-state index is 0.145. The van der Waals surface area contributed by atoms with Crippen LogP contribution >= 0.6 is 0 Å². The van der Waals surface area contributed by atoms with Crippen molar-refractivity contribution in [3.8, 4) is 0 Å². The van der Waals surface area contributed by atoms with E-state index in [-0.39, 0.29) is 38.6 Å². The fourth-order valence-corrected chi connectivity index (χ4v) is 9.31. The van der Waals surface area contributed by atoms with Crippen molar-refractivity contribution < 1.29 is 42.9 Å². The molecule has 0 aromatic carbocycles. The van der Waals surface area contributed by atoms with Crippen LogP contribution in [0.3, 0.4) is 0 Å². The number of carbonyl (C=O) groups is 3. The zero-order valence-electron chi connectivity index (χ0n) is 54.3. The molecule has 0 saturated heterocycles. The molecule has 0 rings (SSSR count). The fraction of sp³-hybridized carbons (Fsp3) is 0.716. The summed E-state index contributed by atoms with van der Waals surface area (Å²) in [5.74, 6) is -2.28. The van der Waals surface area contributed by atoms with Crippen LogP contribution in [0.4, 0.5) is 0 Å². The van der Waals surface area contributed by atoms with E-state index in [0.717, 1.165) is 103 Å². The molecule has 0 aliphatic heterocycles. The molecule has 9 nitrogen and oxygen atoms in total. The van der Waals surface area contributed by atoms with Crippen LogP contribution < -0.4 is 5.11 Å². The number of ether oxygens (including phenoxy) is 4. The highest BCUT2D eigenvalue weighted by Crippen LogP contribution is 2.17. The lowest BCUT2D eigenvalue weighted by Crippen LogP contribution is -2.44. The molecule has 0 spiro atoms. The minimum Gasteiger partial charge on any atom is -0.545 e. The van der Waals surface area contributed by atoms with Gasteiger partial charge in [-0.3, -0.25) is 9.59 Å². The van der Waals surface area contributed by atoms with Gasteiger partial charge in [0, 0.05) is 12.8 Å². The Labute approximate surface area is 511 Å². The number of esters is 2. The maximum atomic E-state index is 12.9. The molecule has 0 aromatic heterocycles. The molecule has 0 aliphatic rings. The van der Waals surface area contributed by atoms with Crippen LogP contribution in [0.25, 0.3) is 0 Å². The van der Waals surface area contributed by atoms with Crippen molar-refractivity contribution in [2.75, 3.05) is 47.5 Å². The number of likely N-dealkylation sites (N-methyl/N-ethyl adjacent to an activating group) is 1. The van der Waals surface area contributed by atoms with Gasteiger partial charge in [-0.15, -0.1) is 0 Å². The van der Waals surface area contributed by atoms with E-state index in [1.165, 1.54) is 148 Å². The predicted octanol–water partition coefficient (Wildman–Crippen LogP) is 19.7. The van der Waals surface area contributed by atoms with E-state index in [4.69, 9.17) is 18.9 Å². The van der Waals surface area contributed by atoms with Gasteiger partial charge < -0.3 is 33.3 Å². The van der Waals surface area contributed by atoms with Crippen LogP contribution in [0.5, 0.6) is 0 Å². The average Bonchev–Trinajstić information content (AvgIpc) is 3.46. The Bertz CT molecular complexity index is 1730. The first-order valence-corrected chi connectivity index (χ1v) is 34.0. The van der Waals surface area contributed by atoms with Gasteiger partial charge in [-0.1, -0.05) is 277 Å². The lowest BCUT2D eigenvalue weighted by molar-refractivity contribution is -0.870. The molecule has 0 fully saturated rings. The fourth-order valence-electron chi connectivity index (χ4n) is 9.31. The summed E-state index contributed by atoms with van der Waals surface area (Å²) < 4.78 is 22.8. The van der Waals surface area contributed by atoms with Gasteiger partial charge in [0.05, 0.1) is 40.3 Å². The number of hydrogen-bond acceptors (Lipinski definition) is 8. The van der Waals surface area contributed by atoms with Crippen molar-refractivity contribution >= 4 is 17.9 Å². The number of carbonyl (C=O) groups excluding carboxylic acids is 3. The molecule has 0 saturated carbocycles. The summed E-state index contributed by atoms with van der Waals surface area (Å²) in [7, 11) is 5.93. The molecule has 0 aliphatic carbocycles. The maximum absolute atomic E-state index is 12.9. The van der Waals surface area contributed by atoms with Gasteiger partial charge in [0.25, 0.3) is 0 Å². The van der Waals surface area contributed by atoms with Crippen molar-refractivity contribution in [3.63, 3.8) is 0 Å². The standard InChI is InChI=1S/C74H127NO8/c1-6-8-10-12-14-16-18-20-22-24-25-26-27-28-29-30-31-32-33-34-35-36-37-38-39-40-41-42-43-44-45-46-47-49-51-53-55-57-59-61-63-65-72(77)83-70(69-82-74(73(78)79)80-67-66-75(3,4)5)68-81-71(76)64-62-60-58-56-54-52-50-48-23-21-19-17-15-13-11-9-7-2/h8,10,14,16,20-23,25-26,28-29,31-32,34-35,37-38,70,74H,6-7,9,11-13,15,17-19,24,27,30,33,36,39-69H2,1-5H3/b10-8-,16-14-,22-20-,23-21-,26-25-,29-28-,32-31-,35-34-,38-37-. The number of aliphatic carboxylic acids is 1. The quantitative estimate of drug-likeness (QED) is 0.0195. The molecular weight excluding hydrogens is 1030 g/mol. The third-order valence-corrected chi connectivity index (χ3v) is 14.5. The molecule has 0 aromatic rings. The molecule has 0 heterocycles. The number of allylic oxidation sites excluding steroid dienone is 18. The highest BCUT2D eigenvalue weighted by molar-refractivity contribution is 5.70. The Hall–Kier alpha value is -4.05. The summed E-state index contributed by atoms with van der Waals surface area (Å²) in [6.45, 7) is 4.64. The monoisotopic (exact) mass is 1160 g/mol. The molecule has 0 N–H and O–H groups in total. The zero-order valence-corrected chi connectivity index (χ0v) is 54.3. The molecule has 0 bridgehead atoms. The first kappa shape index (κ1) is 79.0. The first-order valence-electron chi connectivity index (χ1n) is 34.0. The Kier molecular flexibility index (Phi) is 60.8. The van der Waals surface area contributed by atoms with Crippen LogP contribution in [0, 0.1) is 0 Å². The van der Waals surface area contributed by atoms with Gasteiger partial charge in [-0.2, -0.15) is 0 Å². The normalized spacial score (nSPS) is 13.4. The summed E-state index contributed by atoms with van der Waals surface area (Å²) in [6, 6.07) is 0. The number of unbranched alkanes of at least 4 members (excludes halogenated alkanes) is 29. The highest BCUT2D eigenvalue weighted by atomic mass is 16.7. The second-order valence-corrected chi connectivity index (χ2v) is 23.7. The molecule has 83 heavy (non-hydrogen) atoms. The summed E-state index contributed by atoms with van der Waals surface area (Å²) >= 11 is 0. The molecule has 2 atom stereocenters. The second-order valence-electron chi connectivity index (χ2n) is 23.7. The largest absolute Gasteiger partial charge is 0.545 e. The minimum atomic E-state index is -1.63. The molecule has 0 amide bonds. The lowest BCUT2D eigenvalue weighted by Gasteiger charge is -2.26. The van der Waals surface area contributed by atoms with Crippen molar-refractivity contribution in [1.82, 2.24) is 0 Å². The average molecular weight is 1160 g/mol. The smallest absolute Gasteiger partial charge is 0.306 e. The molecule has 0 radical (unpaired) electrons. The van der Waals surface area contributed by atoms with Crippen molar-refractivity contribution in [2.24, 2.45) is 0 Å². The molecule has 9 heteroatoms. The van der Waals surface area contributed by atoms with E-state index in [0.29, 0.717) is 17.4 Å². The number of hydrogen-bond donors (Lipinski definition) is 0. The third-order valence-electron chi connectivity index (χ3n) is 14.5. The van der Waals surface area contributed by atoms with Crippen molar-refractivity contribution in [3.05, 3.63) is 109 Å². The van der Waals surface area contributed by atoms with Crippen LogP contribution in [0.15, 0.2) is 109 Å². The SMILES string of the molecule is CC/C=C\C/C=C\C/C=C\C/C=C\C/C=C\C/C=C\C/C=C\C/C=C\CCCCCCCCCCCCCCCCCCC(=O)OC(COC(=O)CCCCCCCCC/C=C\CCCCCCCC)COC(OCC[N+](C)(C)C)C(=O)[O-]. The van der Waals surface area contributed by atoms with Crippen LogP contribution in [-0.2, 0) is 33.3 Å². The highest BCUT2D eigenvalue weighted by Gasteiger charge is 2.22. The van der Waals surface area contributed by atoms with E-state index in [1.807, 2.05) is 21.1 Å². The Morgan fingerprint density at radius 3 is 1.04 bits per heavy atom. The molecule has 2 unspecified atom stereocenters.